The Balaban J connectivity index is 1.01. The van der Waals surface area contributed by atoms with Crippen molar-refractivity contribution in [2.75, 3.05) is 26.3 Å². The number of carbonyl (C=O) groups excluding carboxylic acids is 1. The van der Waals surface area contributed by atoms with Gasteiger partial charge in [0.15, 0.2) is 0 Å². The number of ether oxygens (including phenoxy) is 2. The van der Waals surface area contributed by atoms with Crippen LogP contribution in [-0.4, -0.2) is 42.9 Å². The van der Waals surface area contributed by atoms with Gasteiger partial charge in [0.05, 0.1) is 22.9 Å². The molecule has 1 amide bonds. The minimum atomic E-state index is -0.0641. The quantitative estimate of drug-likeness (QED) is 0.272. The number of hydrazone groups is 1. The molecule has 0 fully saturated rings. The molecule has 3 aromatic carbocycles. The van der Waals surface area contributed by atoms with Gasteiger partial charge >= 0.3 is 0 Å². The fourth-order valence-electron chi connectivity index (χ4n) is 4.15. The van der Waals surface area contributed by atoms with Crippen LogP contribution >= 0.6 is 11.6 Å². The van der Waals surface area contributed by atoms with Gasteiger partial charge in [-0.3, -0.25) is 4.79 Å². The van der Waals surface area contributed by atoms with Gasteiger partial charge in [-0.25, -0.2) is 5.43 Å². The van der Waals surface area contributed by atoms with Crippen molar-refractivity contribution in [3.63, 3.8) is 0 Å². The number of hydrogen-bond donors (Lipinski definition) is 3. The summed E-state index contributed by atoms with van der Waals surface area (Å²) in [6, 6.07) is 20.1. The summed E-state index contributed by atoms with van der Waals surface area (Å²) in [7, 11) is 0. The van der Waals surface area contributed by atoms with E-state index in [4.69, 9.17) is 21.1 Å². The van der Waals surface area contributed by atoms with Crippen LogP contribution in [0.15, 0.2) is 65.8 Å². The predicted molar refractivity (Wildman–Crippen MR) is 140 cm³/mol. The Bertz CT molecular complexity index is 1380. The van der Waals surface area contributed by atoms with Crippen LogP contribution in [0.3, 0.4) is 0 Å². The van der Waals surface area contributed by atoms with E-state index in [1.807, 2.05) is 30.3 Å². The van der Waals surface area contributed by atoms with Crippen LogP contribution < -0.4 is 20.2 Å². The van der Waals surface area contributed by atoms with E-state index >= 15 is 0 Å². The van der Waals surface area contributed by atoms with Crippen LogP contribution in [0.4, 0.5) is 0 Å². The molecule has 0 spiro atoms. The zero-order valence-electron chi connectivity index (χ0n) is 19.3. The molecule has 0 bridgehead atoms. The Hall–Kier alpha value is -3.55. The summed E-state index contributed by atoms with van der Waals surface area (Å²) in [6.07, 6.45) is 1.93. The van der Waals surface area contributed by atoms with Gasteiger partial charge in [-0.1, -0.05) is 29.8 Å². The van der Waals surface area contributed by atoms with Gasteiger partial charge in [0.25, 0.3) is 0 Å². The van der Waals surface area contributed by atoms with Crippen molar-refractivity contribution in [1.82, 2.24) is 15.7 Å². The first kappa shape index (κ1) is 23.2. The highest BCUT2D eigenvalue weighted by Crippen LogP contribution is 2.28. The number of halogens is 1. The van der Waals surface area contributed by atoms with E-state index < -0.39 is 0 Å². The molecular formula is C27H27ClN4O3. The molecule has 0 aliphatic carbocycles. The van der Waals surface area contributed by atoms with Crippen molar-refractivity contribution in [3.05, 3.63) is 71.2 Å². The topological polar surface area (TPSA) is 87.7 Å². The van der Waals surface area contributed by atoms with Gasteiger partial charge in [0.2, 0.25) is 5.91 Å². The molecule has 4 aromatic rings. The number of amides is 1. The standard InChI is InChI=1S/C27H27ClN4O3/c28-22-16-18(23-9-11-27(33)32-31-23)6-10-26(22)35-15-13-29-12-3-14-34-19-7-8-21-20-4-1-2-5-24(20)30-25(21)17-19/h1-2,4-8,10,16-17,29-30H,3,9,11-15H2,(H,32,33). The first-order chi connectivity index (χ1) is 17.2. The molecule has 0 atom stereocenters. The average molecular weight is 491 g/mol. The van der Waals surface area contributed by atoms with Crippen LogP contribution in [0.1, 0.15) is 24.8 Å². The number of carbonyl (C=O) groups is 1. The van der Waals surface area contributed by atoms with Crippen LogP contribution in [-0.2, 0) is 4.79 Å². The van der Waals surface area contributed by atoms with Gasteiger partial charge in [-0.15, -0.1) is 0 Å². The molecule has 8 heteroatoms. The minimum absolute atomic E-state index is 0.0641. The van der Waals surface area contributed by atoms with Crippen molar-refractivity contribution < 1.29 is 14.3 Å². The molecule has 0 unspecified atom stereocenters. The van der Waals surface area contributed by atoms with Crippen LogP contribution in [0, 0.1) is 0 Å². The molecule has 1 aromatic heterocycles. The number of nitrogens with one attached hydrogen (secondary N) is 3. The third-order valence-corrected chi connectivity index (χ3v) is 6.25. The lowest BCUT2D eigenvalue weighted by Gasteiger charge is -2.14. The Kier molecular flexibility index (Phi) is 7.16. The lowest BCUT2D eigenvalue weighted by atomic mass is 10.0. The smallest absolute Gasteiger partial charge is 0.240 e. The highest BCUT2D eigenvalue weighted by atomic mass is 35.5. The number of rotatable bonds is 10. The molecule has 5 rings (SSSR count). The van der Waals surface area contributed by atoms with Gasteiger partial charge in [0, 0.05) is 41.7 Å². The Morgan fingerprint density at radius 3 is 2.66 bits per heavy atom. The summed E-state index contributed by atoms with van der Waals surface area (Å²) >= 11 is 6.37. The summed E-state index contributed by atoms with van der Waals surface area (Å²) in [5, 5.41) is 10.4. The number of fused-ring (bicyclic) bond motifs is 3. The van der Waals surface area contributed by atoms with E-state index in [1.165, 1.54) is 10.8 Å². The summed E-state index contributed by atoms with van der Waals surface area (Å²) in [4.78, 5) is 14.7. The zero-order valence-corrected chi connectivity index (χ0v) is 20.0. The molecule has 35 heavy (non-hydrogen) atoms. The number of hydrogen-bond acceptors (Lipinski definition) is 5. The first-order valence-corrected chi connectivity index (χ1v) is 12.2. The van der Waals surface area contributed by atoms with E-state index in [9.17, 15) is 4.79 Å². The number of aromatic nitrogens is 1. The second kappa shape index (κ2) is 10.8. The van der Waals surface area contributed by atoms with Crippen LogP contribution in [0.2, 0.25) is 5.02 Å². The van der Waals surface area contributed by atoms with E-state index in [2.05, 4.69) is 51.2 Å². The Labute approximate surface area is 208 Å². The number of para-hydroxylation sites is 1. The van der Waals surface area contributed by atoms with E-state index in [1.54, 1.807) is 0 Å². The maximum absolute atomic E-state index is 11.2. The SMILES string of the molecule is O=C1CCC(c2ccc(OCCNCCCOc3ccc4c(c3)[nH]c3ccccc34)c(Cl)c2)=NN1. The summed E-state index contributed by atoms with van der Waals surface area (Å²) in [5.74, 6) is 1.44. The van der Waals surface area contributed by atoms with Crippen molar-refractivity contribution in [3.8, 4) is 11.5 Å². The predicted octanol–water partition coefficient (Wildman–Crippen LogP) is 5.03. The molecule has 7 nitrogen and oxygen atoms in total. The summed E-state index contributed by atoms with van der Waals surface area (Å²) in [6.45, 7) is 2.68. The van der Waals surface area contributed by atoms with E-state index in [-0.39, 0.29) is 5.91 Å². The monoisotopic (exact) mass is 490 g/mol. The summed E-state index contributed by atoms with van der Waals surface area (Å²) in [5.41, 5.74) is 6.44. The van der Waals surface area contributed by atoms with Crippen molar-refractivity contribution >= 4 is 45.0 Å². The highest BCUT2D eigenvalue weighted by molar-refractivity contribution is 6.32. The molecule has 3 N–H and O–H groups in total. The molecule has 180 valence electrons. The third kappa shape index (κ3) is 5.58. The fraction of sp³-hybridized carbons (Fsp3) is 0.259. The van der Waals surface area contributed by atoms with Crippen LogP contribution in [0.5, 0.6) is 11.5 Å². The van der Waals surface area contributed by atoms with Crippen molar-refractivity contribution in [2.24, 2.45) is 5.10 Å². The highest BCUT2D eigenvalue weighted by Gasteiger charge is 2.14. The van der Waals surface area contributed by atoms with E-state index in [0.717, 1.165) is 41.0 Å². The molecule has 1 aliphatic rings. The largest absolute Gasteiger partial charge is 0.493 e. The molecule has 1 aliphatic heterocycles. The van der Waals surface area contributed by atoms with Crippen molar-refractivity contribution in [2.45, 2.75) is 19.3 Å². The molecule has 0 saturated heterocycles. The average Bonchev–Trinajstić information content (AvgIpc) is 3.24. The Morgan fingerprint density at radius 2 is 1.80 bits per heavy atom. The Morgan fingerprint density at radius 1 is 0.914 bits per heavy atom. The normalized spacial score (nSPS) is 13.6. The molecule has 2 heterocycles. The maximum Gasteiger partial charge on any atom is 0.240 e. The van der Waals surface area contributed by atoms with E-state index in [0.29, 0.717) is 43.4 Å². The second-order valence-electron chi connectivity index (χ2n) is 8.42. The lowest BCUT2D eigenvalue weighted by Crippen LogP contribution is -2.25. The number of nitrogens with zero attached hydrogens (tertiary/aromatic N) is 1. The van der Waals surface area contributed by atoms with Gasteiger partial charge in [-0.2, -0.15) is 5.10 Å². The fourth-order valence-corrected chi connectivity index (χ4v) is 4.38. The van der Waals surface area contributed by atoms with Gasteiger partial charge in [-0.05, 0) is 54.9 Å². The number of H-pyrrole nitrogens is 1. The van der Waals surface area contributed by atoms with Crippen molar-refractivity contribution in [1.29, 1.82) is 0 Å². The third-order valence-electron chi connectivity index (χ3n) is 5.95. The number of benzene rings is 3. The lowest BCUT2D eigenvalue weighted by molar-refractivity contribution is -0.121. The zero-order chi connectivity index (χ0) is 24.0. The molecular weight excluding hydrogens is 464 g/mol. The molecule has 0 saturated carbocycles. The summed E-state index contributed by atoms with van der Waals surface area (Å²) < 4.78 is 11.7. The van der Waals surface area contributed by atoms with Gasteiger partial charge < -0.3 is 19.8 Å². The van der Waals surface area contributed by atoms with Gasteiger partial charge in [0.1, 0.15) is 18.1 Å². The number of aromatic amines is 1. The maximum atomic E-state index is 11.2. The molecule has 0 radical (unpaired) electrons. The first-order valence-electron chi connectivity index (χ1n) is 11.8. The second-order valence-corrected chi connectivity index (χ2v) is 8.82. The van der Waals surface area contributed by atoms with Crippen LogP contribution in [0.25, 0.3) is 21.8 Å². The minimum Gasteiger partial charge on any atom is -0.493 e.